The molecule has 3 aromatic rings. The number of carboxylic acids is 1. The van der Waals surface area contributed by atoms with Gasteiger partial charge in [-0.2, -0.15) is 12.6 Å². The number of amides is 3. The lowest BCUT2D eigenvalue weighted by molar-refractivity contribution is -0.141. The largest absolute Gasteiger partial charge is 0.508 e. The van der Waals surface area contributed by atoms with Crippen LogP contribution in [0.3, 0.4) is 0 Å². The van der Waals surface area contributed by atoms with Crippen LogP contribution in [0, 0.1) is 0 Å². The molecule has 3 amide bonds. The molecule has 4 atom stereocenters. The van der Waals surface area contributed by atoms with Crippen molar-refractivity contribution in [2.24, 2.45) is 5.73 Å². The van der Waals surface area contributed by atoms with Crippen LogP contribution < -0.4 is 21.7 Å². The summed E-state index contributed by atoms with van der Waals surface area (Å²) in [5.74, 6) is -3.22. The fraction of sp³-hybridized carbons (Fsp3) is 0.308. The topological polar surface area (TPSA) is 187 Å². The normalized spacial score (nSPS) is 14.2. The van der Waals surface area contributed by atoms with Crippen LogP contribution in [0.15, 0.2) is 54.7 Å². The standard InChI is InChI=1S/C26H31N5O6S/c1-14(29-24(34)19(27)10-15-6-8-17(32)9-7-15)23(33)30-21(25(35)31-22(13-38)26(36)37)11-16-12-28-20-5-3-2-4-18(16)20/h2-9,12,14,19,21-22,28,32,38H,10-11,13,27H2,1H3,(H,29,34)(H,30,33)(H,31,35)(H,36,37). The number of carboxylic acid groups (broad SMARTS) is 1. The van der Waals surface area contributed by atoms with Crippen LogP contribution in [0.4, 0.5) is 0 Å². The van der Waals surface area contributed by atoms with Crippen LogP contribution in [-0.4, -0.2) is 68.8 Å². The molecule has 0 radical (unpaired) electrons. The van der Waals surface area contributed by atoms with Gasteiger partial charge in [0.15, 0.2) is 0 Å². The molecule has 11 nitrogen and oxygen atoms in total. The first-order chi connectivity index (χ1) is 18.1. The van der Waals surface area contributed by atoms with E-state index in [9.17, 15) is 29.4 Å². The second kappa shape index (κ2) is 13.0. The van der Waals surface area contributed by atoms with Crippen molar-refractivity contribution in [3.05, 3.63) is 65.9 Å². The number of para-hydroxylation sites is 1. The van der Waals surface area contributed by atoms with Crippen molar-refractivity contribution in [1.29, 1.82) is 0 Å². The molecule has 3 rings (SSSR count). The zero-order valence-corrected chi connectivity index (χ0v) is 21.6. The van der Waals surface area contributed by atoms with Gasteiger partial charge < -0.3 is 36.9 Å². The number of fused-ring (bicyclic) bond motifs is 1. The molecule has 0 aliphatic heterocycles. The van der Waals surface area contributed by atoms with Gasteiger partial charge in [0.2, 0.25) is 17.7 Å². The molecule has 0 aliphatic rings. The van der Waals surface area contributed by atoms with Crippen molar-refractivity contribution in [1.82, 2.24) is 20.9 Å². The molecule has 202 valence electrons. The van der Waals surface area contributed by atoms with Crippen molar-refractivity contribution in [3.63, 3.8) is 0 Å². The molecule has 0 spiro atoms. The van der Waals surface area contributed by atoms with E-state index < -0.39 is 47.9 Å². The molecule has 2 aromatic carbocycles. The number of carbonyl (C=O) groups excluding carboxylic acids is 3. The van der Waals surface area contributed by atoms with Gasteiger partial charge in [-0.15, -0.1) is 0 Å². The van der Waals surface area contributed by atoms with Crippen LogP contribution in [-0.2, 0) is 32.0 Å². The molecule has 0 fully saturated rings. The molecule has 0 saturated heterocycles. The second-order valence-corrected chi connectivity index (χ2v) is 9.28. The summed E-state index contributed by atoms with van der Waals surface area (Å²) in [6.45, 7) is 1.45. The van der Waals surface area contributed by atoms with Crippen molar-refractivity contribution < 1.29 is 29.4 Å². The van der Waals surface area contributed by atoms with E-state index in [0.717, 1.165) is 22.0 Å². The molecule has 4 unspecified atom stereocenters. The zero-order chi connectivity index (χ0) is 27.8. The number of nitrogens with one attached hydrogen (secondary N) is 4. The van der Waals surface area contributed by atoms with Crippen molar-refractivity contribution in [2.75, 3.05) is 5.75 Å². The number of phenolic OH excluding ortho intramolecular Hbond substituents is 1. The molecule has 8 N–H and O–H groups in total. The van der Waals surface area contributed by atoms with E-state index in [1.165, 1.54) is 19.1 Å². The van der Waals surface area contributed by atoms with Gasteiger partial charge in [0, 0.05) is 29.3 Å². The Bertz CT molecular complexity index is 1290. The van der Waals surface area contributed by atoms with Crippen molar-refractivity contribution >= 4 is 47.2 Å². The number of aromatic hydroxyl groups is 1. The number of aliphatic carboxylic acids is 1. The Hall–Kier alpha value is -4.03. The van der Waals surface area contributed by atoms with Gasteiger partial charge in [0.05, 0.1) is 6.04 Å². The third-order valence-electron chi connectivity index (χ3n) is 6.01. The van der Waals surface area contributed by atoms with Crippen LogP contribution >= 0.6 is 12.6 Å². The highest BCUT2D eigenvalue weighted by molar-refractivity contribution is 7.80. The van der Waals surface area contributed by atoms with Crippen LogP contribution in [0.1, 0.15) is 18.1 Å². The number of hydrogen-bond donors (Lipinski definition) is 8. The molecule has 12 heteroatoms. The number of aromatic amines is 1. The highest BCUT2D eigenvalue weighted by atomic mass is 32.1. The first-order valence-corrected chi connectivity index (χ1v) is 12.6. The van der Waals surface area contributed by atoms with Crippen LogP contribution in [0.5, 0.6) is 5.75 Å². The summed E-state index contributed by atoms with van der Waals surface area (Å²) in [6.07, 6.45) is 1.98. The van der Waals surface area contributed by atoms with E-state index in [0.29, 0.717) is 0 Å². The lowest BCUT2D eigenvalue weighted by Gasteiger charge is -2.23. The highest BCUT2D eigenvalue weighted by Gasteiger charge is 2.29. The fourth-order valence-electron chi connectivity index (χ4n) is 3.85. The number of carbonyl (C=O) groups is 4. The Morgan fingerprint density at radius 2 is 1.58 bits per heavy atom. The van der Waals surface area contributed by atoms with Gasteiger partial charge in [-0.25, -0.2) is 4.79 Å². The van der Waals surface area contributed by atoms with Crippen LogP contribution in [0.2, 0.25) is 0 Å². The number of H-pyrrole nitrogens is 1. The number of hydrogen-bond acceptors (Lipinski definition) is 7. The first kappa shape index (κ1) is 28.5. The van der Waals surface area contributed by atoms with E-state index in [2.05, 4.69) is 33.6 Å². The Balaban J connectivity index is 1.69. The molecule has 38 heavy (non-hydrogen) atoms. The van der Waals surface area contributed by atoms with E-state index in [4.69, 9.17) is 5.73 Å². The van der Waals surface area contributed by atoms with Gasteiger partial charge in [0.1, 0.15) is 23.9 Å². The van der Waals surface area contributed by atoms with E-state index in [1.807, 2.05) is 24.3 Å². The van der Waals surface area contributed by atoms with E-state index in [-0.39, 0.29) is 24.3 Å². The Morgan fingerprint density at radius 1 is 0.921 bits per heavy atom. The number of rotatable bonds is 12. The number of nitrogens with two attached hydrogens (primary N) is 1. The van der Waals surface area contributed by atoms with Gasteiger partial charge >= 0.3 is 5.97 Å². The monoisotopic (exact) mass is 541 g/mol. The maximum Gasteiger partial charge on any atom is 0.327 e. The maximum atomic E-state index is 13.0. The van der Waals surface area contributed by atoms with Crippen molar-refractivity contribution in [3.8, 4) is 5.75 Å². The number of benzene rings is 2. The summed E-state index contributed by atoms with van der Waals surface area (Å²) in [5.41, 5.74) is 8.31. The number of phenols is 1. The Kier molecular flexibility index (Phi) is 9.74. The summed E-state index contributed by atoms with van der Waals surface area (Å²) in [4.78, 5) is 53.1. The predicted molar refractivity (Wildman–Crippen MR) is 145 cm³/mol. The molecule has 0 aliphatic carbocycles. The number of aromatic nitrogens is 1. The molecule has 1 aromatic heterocycles. The van der Waals surface area contributed by atoms with E-state index in [1.54, 1.807) is 18.3 Å². The summed E-state index contributed by atoms with van der Waals surface area (Å²) in [7, 11) is 0. The Morgan fingerprint density at radius 3 is 2.24 bits per heavy atom. The fourth-order valence-corrected chi connectivity index (χ4v) is 4.10. The first-order valence-electron chi connectivity index (χ1n) is 11.9. The van der Waals surface area contributed by atoms with Crippen LogP contribution in [0.25, 0.3) is 10.9 Å². The van der Waals surface area contributed by atoms with Gasteiger partial charge in [0.25, 0.3) is 0 Å². The molecular formula is C26H31N5O6S. The minimum absolute atomic E-state index is 0.0710. The average Bonchev–Trinajstić information content (AvgIpc) is 3.30. The number of thiol groups is 1. The molecule has 0 bridgehead atoms. The molecule has 1 heterocycles. The lowest BCUT2D eigenvalue weighted by atomic mass is 10.0. The summed E-state index contributed by atoms with van der Waals surface area (Å²) in [5, 5.41) is 27.1. The smallest absolute Gasteiger partial charge is 0.327 e. The third kappa shape index (κ3) is 7.49. The summed E-state index contributed by atoms with van der Waals surface area (Å²) < 4.78 is 0. The van der Waals surface area contributed by atoms with E-state index >= 15 is 0 Å². The molecular weight excluding hydrogens is 510 g/mol. The quantitative estimate of drug-likeness (QED) is 0.153. The minimum Gasteiger partial charge on any atom is -0.508 e. The van der Waals surface area contributed by atoms with Gasteiger partial charge in [-0.05, 0) is 42.7 Å². The third-order valence-corrected chi connectivity index (χ3v) is 6.38. The second-order valence-electron chi connectivity index (χ2n) is 8.91. The van der Waals surface area contributed by atoms with Gasteiger partial charge in [-0.3, -0.25) is 14.4 Å². The van der Waals surface area contributed by atoms with Crippen molar-refractivity contribution in [2.45, 2.75) is 43.9 Å². The SMILES string of the molecule is CC(NC(=O)C(N)Cc1ccc(O)cc1)C(=O)NC(Cc1c[nH]c2ccccc12)C(=O)NC(CS)C(=O)O. The maximum absolute atomic E-state index is 13.0. The van der Waals surface area contributed by atoms with Gasteiger partial charge in [-0.1, -0.05) is 30.3 Å². The lowest BCUT2D eigenvalue weighted by Crippen LogP contribution is -2.57. The predicted octanol–water partition coefficient (Wildman–Crippen LogP) is 0.475. The minimum atomic E-state index is -1.26. The summed E-state index contributed by atoms with van der Waals surface area (Å²) in [6, 6.07) is 9.31. The average molecular weight is 542 g/mol. The Labute approximate surface area is 224 Å². The highest BCUT2D eigenvalue weighted by Crippen LogP contribution is 2.19. The summed E-state index contributed by atoms with van der Waals surface area (Å²) >= 11 is 3.98. The zero-order valence-electron chi connectivity index (χ0n) is 20.7. The molecule has 0 saturated carbocycles.